The summed E-state index contributed by atoms with van der Waals surface area (Å²) in [6.45, 7) is 4.37. The Bertz CT molecular complexity index is 714. The minimum atomic E-state index is -2.50. The number of aryl methyl sites for hydroxylation is 2. The highest BCUT2D eigenvalue weighted by Crippen LogP contribution is 2.37. The first-order chi connectivity index (χ1) is 11.9. The fourth-order valence-electron chi connectivity index (χ4n) is 3.37. The molecule has 0 atom stereocenters. The van der Waals surface area contributed by atoms with Gasteiger partial charge >= 0.3 is 0 Å². The van der Waals surface area contributed by atoms with Crippen LogP contribution in [0.25, 0.3) is 11.1 Å². The number of methoxy groups -OCH3 is 1. The molecule has 136 valence electrons. The monoisotopic (exact) mass is 350 g/mol. The lowest BCUT2D eigenvalue weighted by Crippen LogP contribution is -2.27. The quantitative estimate of drug-likeness (QED) is 0.834. The Hall–Kier alpha value is -2.11. The van der Waals surface area contributed by atoms with Gasteiger partial charge in [0.05, 0.1) is 19.4 Å². The summed E-state index contributed by atoms with van der Waals surface area (Å²) in [7, 11) is 1.61. The van der Waals surface area contributed by atoms with Crippen molar-refractivity contribution in [2.24, 2.45) is 5.92 Å². The molecule has 0 aliphatic heterocycles. The van der Waals surface area contributed by atoms with E-state index in [1.807, 2.05) is 32.0 Å². The van der Waals surface area contributed by atoms with Crippen molar-refractivity contribution < 1.29 is 18.3 Å². The van der Waals surface area contributed by atoms with Gasteiger partial charge in [-0.15, -0.1) is 0 Å². The van der Waals surface area contributed by atoms with E-state index in [-0.39, 0.29) is 18.8 Å². The van der Waals surface area contributed by atoms with Crippen molar-refractivity contribution in [2.75, 3.05) is 13.7 Å². The minimum absolute atomic E-state index is 0.0439. The van der Waals surface area contributed by atoms with Crippen molar-refractivity contribution >= 4 is 0 Å². The molecule has 2 aromatic rings. The second-order valence-electron chi connectivity index (χ2n) is 6.82. The Labute approximate surface area is 146 Å². The molecule has 0 unspecified atom stereocenters. The number of halogens is 2. The van der Waals surface area contributed by atoms with Gasteiger partial charge in [-0.2, -0.15) is 5.10 Å². The molecule has 1 aliphatic carbocycles. The molecule has 0 bridgehead atoms. The predicted octanol–water partition coefficient (Wildman–Crippen LogP) is 4.91. The molecule has 0 amide bonds. The first kappa shape index (κ1) is 17.7. The average Bonchev–Trinajstić information content (AvgIpc) is 2.92. The van der Waals surface area contributed by atoms with Crippen LogP contribution in [0.1, 0.15) is 37.1 Å². The van der Waals surface area contributed by atoms with E-state index < -0.39 is 5.92 Å². The lowest BCUT2D eigenvalue weighted by molar-refractivity contribution is -0.0498. The number of nitrogens with one attached hydrogen (secondary N) is 1. The van der Waals surface area contributed by atoms with Crippen LogP contribution in [0, 0.1) is 19.8 Å². The van der Waals surface area contributed by atoms with E-state index in [1.165, 1.54) is 0 Å². The average molecular weight is 350 g/mol. The Kier molecular flexibility index (Phi) is 4.97. The lowest BCUT2D eigenvalue weighted by Gasteiger charge is -2.28. The number of hydrogen-bond donors (Lipinski definition) is 1. The predicted molar refractivity (Wildman–Crippen MR) is 92.4 cm³/mol. The molecule has 3 rings (SSSR count). The van der Waals surface area contributed by atoms with E-state index in [0.717, 1.165) is 22.5 Å². The van der Waals surface area contributed by atoms with Gasteiger partial charge in [0.25, 0.3) is 0 Å². The van der Waals surface area contributed by atoms with E-state index in [1.54, 1.807) is 7.11 Å². The normalized spacial score (nSPS) is 17.5. The number of H-pyrrole nitrogens is 1. The highest BCUT2D eigenvalue weighted by atomic mass is 19.3. The number of rotatable bonds is 5. The molecule has 1 saturated carbocycles. The van der Waals surface area contributed by atoms with Crippen LogP contribution in [0.5, 0.6) is 11.5 Å². The zero-order valence-electron chi connectivity index (χ0n) is 14.9. The molecular weight excluding hydrogens is 326 g/mol. The zero-order valence-corrected chi connectivity index (χ0v) is 14.9. The van der Waals surface area contributed by atoms with Crippen molar-refractivity contribution in [3.63, 3.8) is 0 Å². The Balaban J connectivity index is 1.75. The number of hydrogen-bond acceptors (Lipinski definition) is 3. The summed E-state index contributed by atoms with van der Waals surface area (Å²) in [5.74, 6) is -0.947. The molecule has 25 heavy (non-hydrogen) atoms. The third kappa shape index (κ3) is 4.11. The summed E-state index contributed by atoms with van der Waals surface area (Å²) < 4.78 is 37.8. The largest absolute Gasteiger partial charge is 0.497 e. The first-order valence-electron chi connectivity index (χ1n) is 8.59. The summed E-state index contributed by atoms with van der Waals surface area (Å²) in [4.78, 5) is 0. The summed E-state index contributed by atoms with van der Waals surface area (Å²) in [5.41, 5.74) is 3.88. The summed E-state index contributed by atoms with van der Waals surface area (Å²) in [5, 5.41) is 7.21. The van der Waals surface area contributed by atoms with Crippen LogP contribution in [0.15, 0.2) is 18.2 Å². The van der Waals surface area contributed by atoms with Crippen LogP contribution in [0.2, 0.25) is 0 Å². The maximum atomic E-state index is 13.3. The Morgan fingerprint density at radius 3 is 2.44 bits per heavy atom. The molecule has 1 heterocycles. The van der Waals surface area contributed by atoms with Crippen molar-refractivity contribution in [3.05, 3.63) is 29.6 Å². The molecule has 0 radical (unpaired) electrons. The minimum Gasteiger partial charge on any atom is -0.497 e. The van der Waals surface area contributed by atoms with Gasteiger partial charge in [0, 0.05) is 30.2 Å². The summed E-state index contributed by atoms with van der Waals surface area (Å²) in [6.07, 6.45) is 0.920. The van der Waals surface area contributed by atoms with Crippen LogP contribution >= 0.6 is 0 Å². The molecule has 4 nitrogen and oxygen atoms in total. The van der Waals surface area contributed by atoms with Crippen LogP contribution in [-0.4, -0.2) is 29.8 Å². The van der Waals surface area contributed by atoms with Crippen molar-refractivity contribution in [2.45, 2.75) is 45.5 Å². The molecule has 0 saturated heterocycles. The molecular formula is C19H24F2N2O2. The van der Waals surface area contributed by atoms with E-state index in [4.69, 9.17) is 9.47 Å². The highest BCUT2D eigenvalue weighted by Gasteiger charge is 2.35. The smallest absolute Gasteiger partial charge is 0.248 e. The Morgan fingerprint density at radius 1 is 1.16 bits per heavy atom. The topological polar surface area (TPSA) is 47.1 Å². The van der Waals surface area contributed by atoms with Crippen LogP contribution < -0.4 is 9.47 Å². The van der Waals surface area contributed by atoms with Crippen molar-refractivity contribution in [3.8, 4) is 22.6 Å². The van der Waals surface area contributed by atoms with Gasteiger partial charge in [-0.05, 0) is 50.3 Å². The fourth-order valence-corrected chi connectivity index (χ4v) is 3.37. The van der Waals surface area contributed by atoms with E-state index in [9.17, 15) is 8.78 Å². The van der Waals surface area contributed by atoms with Gasteiger partial charge in [0.1, 0.15) is 11.5 Å². The fraction of sp³-hybridized carbons (Fsp3) is 0.526. The summed E-state index contributed by atoms with van der Waals surface area (Å²) >= 11 is 0. The molecule has 6 heteroatoms. The van der Waals surface area contributed by atoms with Gasteiger partial charge in [0.15, 0.2) is 0 Å². The van der Waals surface area contributed by atoms with E-state index in [2.05, 4.69) is 10.2 Å². The second-order valence-corrected chi connectivity index (χ2v) is 6.82. The molecule has 0 spiro atoms. The SMILES string of the molecule is COc1cc(OCC2CCC(F)(F)CC2)cc(-c2c(C)n[nH]c2C)c1. The number of aromatic nitrogens is 2. The maximum absolute atomic E-state index is 13.3. The van der Waals surface area contributed by atoms with Gasteiger partial charge < -0.3 is 9.47 Å². The van der Waals surface area contributed by atoms with Crippen LogP contribution in [0.4, 0.5) is 8.78 Å². The number of aromatic amines is 1. The van der Waals surface area contributed by atoms with Crippen LogP contribution in [-0.2, 0) is 0 Å². The number of ether oxygens (including phenoxy) is 2. The highest BCUT2D eigenvalue weighted by molar-refractivity contribution is 5.71. The first-order valence-corrected chi connectivity index (χ1v) is 8.59. The molecule has 1 aliphatic rings. The van der Waals surface area contributed by atoms with Gasteiger partial charge in [-0.25, -0.2) is 8.78 Å². The molecule has 1 N–H and O–H groups in total. The lowest BCUT2D eigenvalue weighted by atomic mass is 9.87. The molecule has 1 aromatic heterocycles. The van der Waals surface area contributed by atoms with Gasteiger partial charge in [-0.3, -0.25) is 5.10 Å². The van der Waals surface area contributed by atoms with Crippen molar-refractivity contribution in [1.29, 1.82) is 0 Å². The van der Waals surface area contributed by atoms with E-state index >= 15 is 0 Å². The number of alkyl halides is 2. The maximum Gasteiger partial charge on any atom is 0.248 e. The Morgan fingerprint density at radius 2 is 1.84 bits per heavy atom. The standard InChI is InChI=1S/C19H24F2N2O2/c1-12-18(13(2)23-22-12)15-8-16(24-3)10-17(9-15)25-11-14-4-6-19(20,21)7-5-14/h8-10,14H,4-7,11H2,1-3H3,(H,22,23). The third-order valence-electron chi connectivity index (χ3n) is 4.85. The number of nitrogens with zero attached hydrogens (tertiary/aromatic N) is 1. The van der Waals surface area contributed by atoms with E-state index in [0.29, 0.717) is 30.9 Å². The number of benzene rings is 1. The zero-order chi connectivity index (χ0) is 18.0. The van der Waals surface area contributed by atoms with Crippen LogP contribution in [0.3, 0.4) is 0 Å². The molecule has 1 fully saturated rings. The van der Waals surface area contributed by atoms with Gasteiger partial charge in [-0.1, -0.05) is 0 Å². The van der Waals surface area contributed by atoms with Crippen molar-refractivity contribution in [1.82, 2.24) is 10.2 Å². The summed E-state index contributed by atoms with van der Waals surface area (Å²) in [6, 6.07) is 5.72. The third-order valence-corrected chi connectivity index (χ3v) is 4.85. The second kappa shape index (κ2) is 7.02. The molecule has 1 aromatic carbocycles. The van der Waals surface area contributed by atoms with Gasteiger partial charge in [0.2, 0.25) is 5.92 Å².